The van der Waals surface area contributed by atoms with Crippen LogP contribution in [-0.4, -0.2) is 14.5 Å². The first kappa shape index (κ1) is 13.2. The molecular weight excluding hydrogens is 347 g/mol. The van der Waals surface area contributed by atoms with Crippen molar-refractivity contribution in [3.8, 4) is 22.8 Å². The Kier molecular flexibility index (Phi) is 3.27. The fourth-order valence-corrected chi connectivity index (χ4v) is 2.93. The number of nitrogens with two attached hydrogens (primary N) is 1. The van der Waals surface area contributed by atoms with Crippen LogP contribution in [0.5, 0.6) is 0 Å². The van der Waals surface area contributed by atoms with Gasteiger partial charge in [-0.05, 0) is 52.6 Å². The van der Waals surface area contributed by atoms with E-state index in [-0.39, 0.29) is 5.82 Å². The fourth-order valence-electron chi connectivity index (χ4n) is 1.75. The summed E-state index contributed by atoms with van der Waals surface area (Å²) in [4.78, 5) is 4.29. The van der Waals surface area contributed by atoms with Gasteiger partial charge in [-0.1, -0.05) is 5.16 Å². The number of aromatic nitrogens is 3. The van der Waals surface area contributed by atoms with Crippen molar-refractivity contribution >= 4 is 32.5 Å². The van der Waals surface area contributed by atoms with Crippen LogP contribution in [0.15, 0.2) is 27.2 Å². The number of hydrogen-bond donors (Lipinski definition) is 1. The van der Waals surface area contributed by atoms with Crippen molar-refractivity contribution in [2.45, 2.75) is 6.92 Å². The zero-order valence-electron chi connectivity index (χ0n) is 10.2. The molecule has 2 heterocycles. The Hall–Kier alpha value is -1.80. The van der Waals surface area contributed by atoms with Crippen molar-refractivity contribution in [1.82, 2.24) is 14.5 Å². The molecule has 2 N–H and O–H groups in total. The van der Waals surface area contributed by atoms with Crippen molar-refractivity contribution in [2.75, 3.05) is 5.73 Å². The van der Waals surface area contributed by atoms with E-state index in [1.165, 1.54) is 23.7 Å². The third-order valence-corrected chi connectivity index (χ3v) is 4.12. The molecule has 0 spiro atoms. The Bertz CT molecular complexity index is 766. The summed E-state index contributed by atoms with van der Waals surface area (Å²) >= 11 is 4.45. The molecule has 0 radical (unpaired) electrons. The Labute approximate surface area is 125 Å². The van der Waals surface area contributed by atoms with Crippen molar-refractivity contribution < 1.29 is 8.91 Å². The highest BCUT2D eigenvalue weighted by Crippen LogP contribution is 2.33. The lowest BCUT2D eigenvalue weighted by Crippen LogP contribution is -1.87. The average Bonchev–Trinajstić information content (AvgIpc) is 2.97. The molecule has 0 aliphatic rings. The standard InChI is InChI=1S/C12H8BrFN4OS/c1-5-9(10(15)20-18-5)12-16-11(17-19-12)7-3-2-6(14)4-8(7)13/h2-4H,15H2,1H3. The first-order valence-corrected chi connectivity index (χ1v) is 7.14. The lowest BCUT2D eigenvalue weighted by molar-refractivity contribution is 0.432. The second-order valence-electron chi connectivity index (χ2n) is 4.05. The minimum Gasteiger partial charge on any atom is -0.389 e. The summed E-state index contributed by atoms with van der Waals surface area (Å²) in [6.45, 7) is 1.82. The van der Waals surface area contributed by atoms with Crippen LogP contribution in [0.2, 0.25) is 0 Å². The minimum absolute atomic E-state index is 0.306. The maximum Gasteiger partial charge on any atom is 0.263 e. The summed E-state index contributed by atoms with van der Waals surface area (Å²) in [5.41, 5.74) is 7.86. The Morgan fingerprint density at radius 2 is 2.20 bits per heavy atom. The van der Waals surface area contributed by atoms with Gasteiger partial charge in [-0.25, -0.2) is 4.39 Å². The van der Waals surface area contributed by atoms with Gasteiger partial charge < -0.3 is 10.3 Å². The molecule has 3 rings (SSSR count). The van der Waals surface area contributed by atoms with Gasteiger partial charge in [-0.2, -0.15) is 9.36 Å². The molecule has 0 unspecified atom stereocenters. The van der Waals surface area contributed by atoms with E-state index in [4.69, 9.17) is 10.3 Å². The molecule has 0 aliphatic heterocycles. The number of hydrogen-bond acceptors (Lipinski definition) is 6. The van der Waals surface area contributed by atoms with Gasteiger partial charge in [0.2, 0.25) is 5.82 Å². The molecule has 20 heavy (non-hydrogen) atoms. The fraction of sp³-hybridized carbons (Fsp3) is 0.0833. The molecule has 0 bridgehead atoms. The smallest absolute Gasteiger partial charge is 0.263 e. The monoisotopic (exact) mass is 354 g/mol. The minimum atomic E-state index is -0.341. The van der Waals surface area contributed by atoms with E-state index in [9.17, 15) is 4.39 Å². The van der Waals surface area contributed by atoms with Crippen molar-refractivity contribution in [1.29, 1.82) is 0 Å². The summed E-state index contributed by atoms with van der Waals surface area (Å²) in [6.07, 6.45) is 0. The predicted octanol–water partition coefficient (Wildman–Crippen LogP) is 3.65. The molecule has 0 aliphatic carbocycles. The zero-order valence-corrected chi connectivity index (χ0v) is 12.6. The number of rotatable bonds is 2. The van der Waals surface area contributed by atoms with E-state index in [2.05, 4.69) is 30.4 Å². The highest BCUT2D eigenvalue weighted by molar-refractivity contribution is 9.10. The van der Waals surface area contributed by atoms with E-state index in [0.29, 0.717) is 32.3 Å². The molecule has 102 valence electrons. The molecule has 1 aromatic carbocycles. The quantitative estimate of drug-likeness (QED) is 0.759. The number of benzene rings is 1. The molecular formula is C12H8BrFN4OS. The third-order valence-electron chi connectivity index (χ3n) is 2.70. The zero-order chi connectivity index (χ0) is 14.3. The van der Waals surface area contributed by atoms with Crippen LogP contribution < -0.4 is 5.73 Å². The summed E-state index contributed by atoms with van der Waals surface area (Å²) in [6, 6.07) is 4.26. The highest BCUT2D eigenvalue weighted by atomic mass is 79.9. The summed E-state index contributed by atoms with van der Waals surface area (Å²) in [7, 11) is 0. The van der Waals surface area contributed by atoms with Crippen molar-refractivity contribution in [3.05, 3.63) is 34.2 Å². The number of anilines is 1. The van der Waals surface area contributed by atoms with E-state index < -0.39 is 0 Å². The Balaban J connectivity index is 2.07. The van der Waals surface area contributed by atoms with E-state index >= 15 is 0 Å². The predicted molar refractivity (Wildman–Crippen MR) is 77.6 cm³/mol. The van der Waals surface area contributed by atoms with E-state index in [0.717, 1.165) is 5.69 Å². The molecule has 2 aromatic heterocycles. The lowest BCUT2D eigenvalue weighted by atomic mass is 10.2. The van der Waals surface area contributed by atoms with Crippen LogP contribution in [0, 0.1) is 12.7 Å². The van der Waals surface area contributed by atoms with Crippen LogP contribution >= 0.6 is 27.5 Å². The molecule has 0 fully saturated rings. The molecule has 3 aromatic rings. The third kappa shape index (κ3) is 2.20. The van der Waals surface area contributed by atoms with Gasteiger partial charge in [0.25, 0.3) is 5.89 Å². The molecule has 0 saturated carbocycles. The summed E-state index contributed by atoms with van der Waals surface area (Å²) in [5, 5.41) is 4.42. The van der Waals surface area contributed by atoms with E-state index in [1.54, 1.807) is 6.07 Å². The van der Waals surface area contributed by atoms with Gasteiger partial charge in [0.1, 0.15) is 10.8 Å². The maximum atomic E-state index is 13.1. The summed E-state index contributed by atoms with van der Waals surface area (Å²) in [5.74, 6) is 0.323. The lowest BCUT2D eigenvalue weighted by Gasteiger charge is -1.98. The topological polar surface area (TPSA) is 77.8 Å². The van der Waals surface area contributed by atoms with Crippen LogP contribution in [-0.2, 0) is 0 Å². The van der Waals surface area contributed by atoms with Gasteiger partial charge in [-0.3, -0.25) is 0 Å². The maximum absolute atomic E-state index is 13.1. The molecule has 8 heteroatoms. The average molecular weight is 355 g/mol. The van der Waals surface area contributed by atoms with Gasteiger partial charge >= 0.3 is 0 Å². The number of nitrogens with zero attached hydrogens (tertiary/aromatic N) is 3. The van der Waals surface area contributed by atoms with Gasteiger partial charge in [0.05, 0.1) is 11.3 Å². The second-order valence-corrected chi connectivity index (χ2v) is 5.71. The van der Waals surface area contributed by atoms with E-state index in [1.807, 2.05) is 6.92 Å². The molecule has 0 amide bonds. The SMILES string of the molecule is Cc1nsc(N)c1-c1nc(-c2ccc(F)cc2Br)no1. The number of aryl methyl sites for hydroxylation is 1. The first-order valence-electron chi connectivity index (χ1n) is 5.57. The van der Waals surface area contributed by atoms with Gasteiger partial charge in [0, 0.05) is 10.0 Å². The Morgan fingerprint density at radius 1 is 1.40 bits per heavy atom. The van der Waals surface area contributed by atoms with Crippen LogP contribution in [0.4, 0.5) is 9.39 Å². The van der Waals surface area contributed by atoms with Crippen molar-refractivity contribution in [3.63, 3.8) is 0 Å². The van der Waals surface area contributed by atoms with Crippen molar-refractivity contribution in [2.24, 2.45) is 0 Å². The van der Waals surface area contributed by atoms with Crippen LogP contribution in [0.25, 0.3) is 22.8 Å². The largest absolute Gasteiger partial charge is 0.389 e. The van der Waals surface area contributed by atoms with Crippen LogP contribution in [0.3, 0.4) is 0 Å². The summed E-state index contributed by atoms with van der Waals surface area (Å²) < 4.78 is 23.0. The Morgan fingerprint density at radius 3 is 2.85 bits per heavy atom. The first-order chi connectivity index (χ1) is 9.56. The van der Waals surface area contributed by atoms with Gasteiger partial charge in [-0.15, -0.1) is 0 Å². The molecule has 0 saturated heterocycles. The number of nitrogen functional groups attached to an aromatic ring is 1. The van der Waals surface area contributed by atoms with Gasteiger partial charge in [0.15, 0.2) is 0 Å². The second kappa shape index (κ2) is 4.95. The van der Waals surface area contributed by atoms with Crippen LogP contribution in [0.1, 0.15) is 5.69 Å². The molecule has 5 nitrogen and oxygen atoms in total. The normalized spacial score (nSPS) is 10.9. The highest BCUT2D eigenvalue weighted by Gasteiger charge is 2.19. The number of halogens is 2. The molecule has 0 atom stereocenters.